The van der Waals surface area contributed by atoms with Crippen molar-refractivity contribution in [1.29, 1.82) is 0 Å². The molecule has 1 fully saturated rings. The lowest BCUT2D eigenvalue weighted by Gasteiger charge is -2.26. The fourth-order valence-electron chi connectivity index (χ4n) is 3.55. The quantitative estimate of drug-likeness (QED) is 0.664. The van der Waals surface area contributed by atoms with Crippen molar-refractivity contribution in [1.82, 2.24) is 9.80 Å². The molecule has 0 N–H and O–H groups in total. The number of benzene rings is 2. The number of carbonyl (C=O) groups excluding carboxylic acids is 1. The second-order valence-electron chi connectivity index (χ2n) is 7.15. The predicted octanol–water partition coefficient (Wildman–Crippen LogP) is 4.72. The summed E-state index contributed by atoms with van der Waals surface area (Å²) in [7, 11) is 3.47. The van der Waals surface area contributed by atoms with Crippen LogP contribution in [0, 0.1) is 0 Å². The number of ether oxygens (including phenoxy) is 1. The molecular weight excluding hydrogens is 404 g/mol. The van der Waals surface area contributed by atoms with Gasteiger partial charge in [-0.25, -0.2) is 0 Å². The van der Waals surface area contributed by atoms with E-state index in [-0.39, 0.29) is 5.91 Å². The average molecular weight is 431 g/mol. The first-order valence-electron chi connectivity index (χ1n) is 9.46. The van der Waals surface area contributed by atoms with E-state index in [9.17, 15) is 4.79 Å². The Bertz CT molecular complexity index is 770. The van der Waals surface area contributed by atoms with E-state index in [0.717, 1.165) is 22.3 Å². The Hall–Kier alpha value is -1.85. The second kappa shape index (κ2) is 9.38. The number of halogens is 1. The van der Waals surface area contributed by atoms with Crippen molar-refractivity contribution in [2.45, 2.75) is 32.4 Å². The highest BCUT2D eigenvalue weighted by atomic mass is 79.9. The summed E-state index contributed by atoms with van der Waals surface area (Å²) in [4.78, 5) is 17.0. The Labute approximate surface area is 170 Å². The Morgan fingerprint density at radius 3 is 2.48 bits per heavy atom. The highest BCUT2D eigenvalue weighted by Gasteiger charge is 2.15. The zero-order valence-electron chi connectivity index (χ0n) is 16.1. The smallest absolute Gasteiger partial charge is 0.253 e. The highest BCUT2D eigenvalue weighted by Crippen LogP contribution is 2.24. The predicted molar refractivity (Wildman–Crippen MR) is 112 cm³/mol. The van der Waals surface area contributed by atoms with Gasteiger partial charge < -0.3 is 9.64 Å². The van der Waals surface area contributed by atoms with E-state index in [0.29, 0.717) is 12.1 Å². The van der Waals surface area contributed by atoms with Crippen LogP contribution in [0.2, 0.25) is 0 Å². The van der Waals surface area contributed by atoms with E-state index < -0.39 is 0 Å². The molecule has 1 heterocycles. The number of methoxy groups -OCH3 is 1. The minimum absolute atomic E-state index is 0.0153. The molecule has 1 amide bonds. The number of likely N-dealkylation sites (tertiary alicyclic amines) is 1. The Morgan fingerprint density at radius 2 is 1.81 bits per heavy atom. The standard InChI is InChI=1S/C22H27BrN2O2/c1-24(16-19-14-20(23)10-11-21(19)27-2)22(26)18-8-6-17(7-9-18)15-25-12-4-3-5-13-25/h6-11,14H,3-5,12-13,15-16H2,1-2H3. The van der Waals surface area contributed by atoms with Crippen LogP contribution in [-0.4, -0.2) is 43.0 Å². The van der Waals surface area contributed by atoms with Gasteiger partial charge in [-0.2, -0.15) is 0 Å². The molecule has 0 aromatic heterocycles. The minimum Gasteiger partial charge on any atom is -0.496 e. The molecule has 0 aliphatic carbocycles. The van der Waals surface area contributed by atoms with Crippen LogP contribution in [-0.2, 0) is 13.1 Å². The van der Waals surface area contributed by atoms with E-state index in [1.807, 2.05) is 37.4 Å². The van der Waals surface area contributed by atoms with Gasteiger partial charge in [0, 0.05) is 35.7 Å². The van der Waals surface area contributed by atoms with E-state index in [2.05, 4.69) is 33.0 Å². The third kappa shape index (κ3) is 5.33. The first-order chi connectivity index (χ1) is 13.1. The maximum absolute atomic E-state index is 12.8. The van der Waals surface area contributed by atoms with Crippen LogP contribution in [0.25, 0.3) is 0 Å². The van der Waals surface area contributed by atoms with Gasteiger partial charge in [0.2, 0.25) is 0 Å². The number of hydrogen-bond donors (Lipinski definition) is 0. The summed E-state index contributed by atoms with van der Waals surface area (Å²) in [5.41, 5.74) is 2.96. The lowest BCUT2D eigenvalue weighted by Crippen LogP contribution is -2.29. The summed E-state index contributed by atoms with van der Waals surface area (Å²) in [5, 5.41) is 0. The maximum atomic E-state index is 12.8. The molecule has 1 aliphatic heterocycles. The van der Waals surface area contributed by atoms with Gasteiger partial charge in [-0.05, 0) is 61.8 Å². The lowest BCUT2D eigenvalue weighted by molar-refractivity contribution is 0.0784. The van der Waals surface area contributed by atoms with E-state index >= 15 is 0 Å². The first-order valence-corrected chi connectivity index (χ1v) is 10.3. The fraction of sp³-hybridized carbons (Fsp3) is 0.409. The SMILES string of the molecule is COc1ccc(Br)cc1CN(C)C(=O)c1ccc(CN2CCCCC2)cc1. The van der Waals surface area contributed by atoms with Gasteiger partial charge in [0.15, 0.2) is 0 Å². The van der Waals surface area contributed by atoms with Crippen LogP contribution in [0.5, 0.6) is 5.75 Å². The molecule has 1 saturated heterocycles. The van der Waals surface area contributed by atoms with Crippen LogP contribution < -0.4 is 4.74 Å². The zero-order valence-corrected chi connectivity index (χ0v) is 17.7. The molecule has 4 nitrogen and oxygen atoms in total. The third-order valence-electron chi connectivity index (χ3n) is 5.05. The van der Waals surface area contributed by atoms with Crippen molar-refractivity contribution < 1.29 is 9.53 Å². The molecule has 0 spiro atoms. The van der Waals surface area contributed by atoms with Crippen LogP contribution >= 0.6 is 15.9 Å². The zero-order chi connectivity index (χ0) is 19.2. The molecule has 2 aromatic carbocycles. The van der Waals surface area contributed by atoms with Gasteiger partial charge in [-0.15, -0.1) is 0 Å². The lowest BCUT2D eigenvalue weighted by atomic mass is 10.1. The molecule has 0 atom stereocenters. The number of nitrogens with zero attached hydrogens (tertiary/aromatic N) is 2. The minimum atomic E-state index is 0.0153. The summed E-state index contributed by atoms with van der Waals surface area (Å²) >= 11 is 3.48. The first kappa shape index (κ1) is 19.9. The Kier molecular flexibility index (Phi) is 6.91. The number of amides is 1. The summed E-state index contributed by atoms with van der Waals surface area (Å²) < 4.78 is 6.38. The molecule has 0 bridgehead atoms. The Balaban J connectivity index is 1.63. The van der Waals surface area contributed by atoms with Crippen molar-refractivity contribution in [3.05, 3.63) is 63.6 Å². The van der Waals surface area contributed by atoms with Gasteiger partial charge in [0.05, 0.1) is 7.11 Å². The van der Waals surface area contributed by atoms with Crippen molar-refractivity contribution in [3.63, 3.8) is 0 Å². The normalized spacial score (nSPS) is 14.8. The average Bonchev–Trinajstić information content (AvgIpc) is 2.69. The van der Waals surface area contributed by atoms with Crippen molar-refractivity contribution in [2.24, 2.45) is 0 Å². The van der Waals surface area contributed by atoms with E-state index in [1.54, 1.807) is 12.0 Å². The fourth-order valence-corrected chi connectivity index (χ4v) is 3.96. The molecule has 0 saturated carbocycles. The topological polar surface area (TPSA) is 32.8 Å². The molecule has 2 aromatic rings. The summed E-state index contributed by atoms with van der Waals surface area (Å²) in [5.74, 6) is 0.802. The molecule has 3 rings (SSSR count). The molecule has 1 aliphatic rings. The number of rotatable bonds is 6. The summed E-state index contributed by atoms with van der Waals surface area (Å²) in [6, 6.07) is 13.9. The van der Waals surface area contributed by atoms with Crippen molar-refractivity contribution in [2.75, 3.05) is 27.2 Å². The Morgan fingerprint density at radius 1 is 1.11 bits per heavy atom. The maximum Gasteiger partial charge on any atom is 0.253 e. The number of piperidine rings is 1. The molecule has 27 heavy (non-hydrogen) atoms. The van der Waals surface area contributed by atoms with Crippen molar-refractivity contribution in [3.8, 4) is 5.75 Å². The van der Waals surface area contributed by atoms with Crippen LogP contribution in [0.4, 0.5) is 0 Å². The number of carbonyl (C=O) groups is 1. The van der Waals surface area contributed by atoms with Crippen molar-refractivity contribution >= 4 is 21.8 Å². The number of hydrogen-bond acceptors (Lipinski definition) is 3. The van der Waals surface area contributed by atoms with Gasteiger partial charge in [0.25, 0.3) is 5.91 Å². The summed E-state index contributed by atoms with van der Waals surface area (Å²) in [6.07, 6.45) is 3.93. The molecule has 5 heteroatoms. The van der Waals surface area contributed by atoms with Gasteiger partial charge in [-0.3, -0.25) is 9.69 Å². The van der Waals surface area contributed by atoms with E-state index in [1.165, 1.54) is 37.9 Å². The van der Waals surface area contributed by atoms with Gasteiger partial charge >= 0.3 is 0 Å². The van der Waals surface area contributed by atoms with Gasteiger partial charge in [0.1, 0.15) is 5.75 Å². The van der Waals surface area contributed by atoms with Gasteiger partial charge in [-0.1, -0.05) is 34.5 Å². The van der Waals surface area contributed by atoms with Crippen LogP contribution in [0.3, 0.4) is 0 Å². The monoisotopic (exact) mass is 430 g/mol. The highest BCUT2D eigenvalue weighted by molar-refractivity contribution is 9.10. The molecule has 0 radical (unpaired) electrons. The van der Waals surface area contributed by atoms with Crippen LogP contribution in [0.15, 0.2) is 46.9 Å². The third-order valence-corrected chi connectivity index (χ3v) is 5.55. The molecular formula is C22H27BrN2O2. The summed E-state index contributed by atoms with van der Waals surface area (Å²) in [6.45, 7) is 3.83. The van der Waals surface area contributed by atoms with E-state index in [4.69, 9.17) is 4.74 Å². The van der Waals surface area contributed by atoms with Crippen LogP contribution in [0.1, 0.15) is 40.7 Å². The molecule has 0 unspecified atom stereocenters. The largest absolute Gasteiger partial charge is 0.496 e. The molecule has 144 valence electrons. The second-order valence-corrected chi connectivity index (χ2v) is 8.07.